The molecule has 0 aliphatic carbocycles. The Morgan fingerprint density at radius 2 is 1.77 bits per heavy atom. The molecule has 0 aromatic heterocycles. The average molecular weight is 198 g/mol. The van der Waals surface area contributed by atoms with E-state index in [4.69, 9.17) is 11.6 Å². The van der Waals surface area contributed by atoms with E-state index in [0.717, 1.165) is 12.0 Å². The Morgan fingerprint density at radius 1 is 1.23 bits per heavy atom. The van der Waals surface area contributed by atoms with Gasteiger partial charge in [0.2, 0.25) is 0 Å². The second kappa shape index (κ2) is 4.64. The Morgan fingerprint density at radius 3 is 2.15 bits per heavy atom. The monoisotopic (exact) mass is 197 g/mol. The van der Waals surface area contributed by atoms with Crippen LogP contribution in [0.15, 0.2) is 24.3 Å². The Bertz CT molecular complexity index is 253. The van der Waals surface area contributed by atoms with E-state index in [1.54, 1.807) is 0 Å². The van der Waals surface area contributed by atoms with Crippen molar-refractivity contribution in [2.24, 2.45) is 0 Å². The maximum Gasteiger partial charge on any atom is 0.110 e. The van der Waals surface area contributed by atoms with Crippen molar-refractivity contribution in [3.05, 3.63) is 35.4 Å². The van der Waals surface area contributed by atoms with E-state index in [1.165, 1.54) is 5.56 Å². The topological polar surface area (TPSA) is 3.24 Å². The lowest BCUT2D eigenvalue weighted by molar-refractivity contribution is 0.384. The summed E-state index contributed by atoms with van der Waals surface area (Å²) < 4.78 is 0. The fraction of sp³-hybridized carbons (Fsp3) is 0.455. The molecule has 72 valence electrons. The summed E-state index contributed by atoms with van der Waals surface area (Å²) in [5.74, 6) is 0. The van der Waals surface area contributed by atoms with Crippen LogP contribution in [0.25, 0.3) is 0 Å². The largest absolute Gasteiger partial charge is 0.290 e. The number of alkyl halides is 1. The molecular weight excluding hydrogens is 182 g/mol. The number of rotatable bonds is 3. The predicted octanol–water partition coefficient (Wildman–Crippen LogP) is 3.05. The van der Waals surface area contributed by atoms with Gasteiger partial charge >= 0.3 is 0 Å². The highest BCUT2D eigenvalue weighted by atomic mass is 35.5. The first-order chi connectivity index (χ1) is 6.15. The van der Waals surface area contributed by atoms with E-state index in [1.807, 2.05) is 19.0 Å². The highest BCUT2D eigenvalue weighted by Crippen LogP contribution is 2.22. The summed E-state index contributed by atoms with van der Waals surface area (Å²) in [5.41, 5.74) is 2.49. The summed E-state index contributed by atoms with van der Waals surface area (Å²) in [6.07, 6.45) is 1.08. The molecule has 1 unspecified atom stereocenters. The first-order valence-corrected chi connectivity index (χ1v) is 4.98. The molecule has 0 N–H and O–H groups in total. The molecule has 0 amide bonds. The van der Waals surface area contributed by atoms with Crippen molar-refractivity contribution in [3.63, 3.8) is 0 Å². The Hall–Kier alpha value is -0.530. The zero-order valence-electron chi connectivity index (χ0n) is 8.42. The minimum atomic E-state index is -0.0223. The lowest BCUT2D eigenvalue weighted by Crippen LogP contribution is -2.14. The second-order valence-corrected chi connectivity index (χ2v) is 3.81. The number of aryl methyl sites for hydroxylation is 1. The first kappa shape index (κ1) is 10.6. The van der Waals surface area contributed by atoms with Gasteiger partial charge < -0.3 is 0 Å². The van der Waals surface area contributed by atoms with Gasteiger partial charge in [-0.15, -0.1) is 11.6 Å². The molecule has 0 aliphatic rings. The summed E-state index contributed by atoms with van der Waals surface area (Å²) in [6, 6.07) is 8.45. The van der Waals surface area contributed by atoms with Gasteiger partial charge in [0.25, 0.3) is 0 Å². The molecule has 2 heteroatoms. The van der Waals surface area contributed by atoms with Crippen molar-refractivity contribution in [3.8, 4) is 0 Å². The average Bonchev–Trinajstić information content (AvgIpc) is 2.17. The van der Waals surface area contributed by atoms with Crippen molar-refractivity contribution in [2.45, 2.75) is 18.8 Å². The van der Waals surface area contributed by atoms with Crippen LogP contribution in [0.1, 0.15) is 23.6 Å². The zero-order valence-corrected chi connectivity index (χ0v) is 9.17. The minimum absolute atomic E-state index is 0.0223. The third-order valence-electron chi connectivity index (χ3n) is 2.12. The molecule has 0 heterocycles. The molecule has 0 fully saturated rings. The zero-order chi connectivity index (χ0) is 9.84. The molecule has 1 nitrogen and oxygen atoms in total. The molecular formula is C11H16ClN. The minimum Gasteiger partial charge on any atom is -0.290 e. The van der Waals surface area contributed by atoms with Gasteiger partial charge in [-0.25, -0.2) is 0 Å². The first-order valence-electron chi connectivity index (χ1n) is 4.54. The van der Waals surface area contributed by atoms with Crippen LogP contribution in [0.5, 0.6) is 0 Å². The highest BCUT2D eigenvalue weighted by molar-refractivity contribution is 6.20. The number of nitrogens with zero attached hydrogens (tertiary/aromatic N) is 1. The Balaban J connectivity index is 2.79. The molecule has 1 aromatic carbocycles. The van der Waals surface area contributed by atoms with Crippen molar-refractivity contribution in [1.82, 2.24) is 4.90 Å². The smallest absolute Gasteiger partial charge is 0.110 e. The summed E-state index contributed by atoms with van der Waals surface area (Å²) >= 11 is 6.16. The Labute approximate surface area is 85.3 Å². The third-order valence-corrected chi connectivity index (χ3v) is 2.76. The van der Waals surface area contributed by atoms with Crippen LogP contribution >= 0.6 is 11.6 Å². The van der Waals surface area contributed by atoms with E-state index in [9.17, 15) is 0 Å². The van der Waals surface area contributed by atoms with Crippen LogP contribution in [-0.2, 0) is 6.42 Å². The molecule has 0 aliphatic heterocycles. The summed E-state index contributed by atoms with van der Waals surface area (Å²) in [7, 11) is 3.96. The summed E-state index contributed by atoms with van der Waals surface area (Å²) in [4.78, 5) is 1.99. The molecule has 1 atom stereocenters. The molecule has 1 rings (SSSR count). The SMILES string of the molecule is CCc1ccc(C(Cl)N(C)C)cc1. The maximum atomic E-state index is 6.16. The lowest BCUT2D eigenvalue weighted by atomic mass is 10.1. The van der Waals surface area contributed by atoms with Gasteiger partial charge in [-0.3, -0.25) is 4.90 Å². The molecule has 0 radical (unpaired) electrons. The molecule has 0 saturated carbocycles. The van der Waals surface area contributed by atoms with Gasteiger partial charge in [0.15, 0.2) is 0 Å². The number of hydrogen-bond acceptors (Lipinski definition) is 1. The highest BCUT2D eigenvalue weighted by Gasteiger charge is 2.08. The van der Waals surface area contributed by atoms with Crippen molar-refractivity contribution < 1.29 is 0 Å². The van der Waals surface area contributed by atoms with E-state index < -0.39 is 0 Å². The fourth-order valence-electron chi connectivity index (χ4n) is 1.21. The number of benzene rings is 1. The number of hydrogen-bond donors (Lipinski definition) is 0. The number of halogens is 1. The van der Waals surface area contributed by atoms with Gasteiger partial charge in [-0.2, -0.15) is 0 Å². The second-order valence-electron chi connectivity index (χ2n) is 3.39. The van der Waals surface area contributed by atoms with E-state index in [0.29, 0.717) is 0 Å². The van der Waals surface area contributed by atoms with Crippen LogP contribution in [-0.4, -0.2) is 19.0 Å². The molecule has 0 spiro atoms. The standard InChI is InChI=1S/C11H16ClN/c1-4-9-5-7-10(8-6-9)11(12)13(2)3/h5-8,11H,4H2,1-3H3. The van der Waals surface area contributed by atoms with Gasteiger partial charge in [-0.1, -0.05) is 31.2 Å². The maximum absolute atomic E-state index is 6.16. The van der Waals surface area contributed by atoms with E-state index in [2.05, 4.69) is 31.2 Å². The van der Waals surface area contributed by atoms with Crippen LogP contribution in [0.3, 0.4) is 0 Å². The van der Waals surface area contributed by atoms with Gasteiger partial charge in [0.05, 0.1) is 0 Å². The molecule has 0 saturated heterocycles. The predicted molar refractivity (Wildman–Crippen MR) is 58.1 cm³/mol. The molecule has 13 heavy (non-hydrogen) atoms. The van der Waals surface area contributed by atoms with Crippen LogP contribution in [0.4, 0.5) is 0 Å². The van der Waals surface area contributed by atoms with Crippen LogP contribution in [0.2, 0.25) is 0 Å². The normalized spacial score (nSPS) is 13.3. The Kier molecular flexibility index (Phi) is 3.76. The van der Waals surface area contributed by atoms with Gasteiger partial charge in [0, 0.05) is 0 Å². The third kappa shape index (κ3) is 2.71. The fourth-order valence-corrected chi connectivity index (χ4v) is 1.36. The summed E-state index contributed by atoms with van der Waals surface area (Å²) in [5, 5.41) is 0. The van der Waals surface area contributed by atoms with Gasteiger partial charge in [0.1, 0.15) is 5.50 Å². The molecule has 1 aromatic rings. The lowest BCUT2D eigenvalue weighted by Gasteiger charge is -2.17. The van der Waals surface area contributed by atoms with Crippen molar-refractivity contribution >= 4 is 11.6 Å². The van der Waals surface area contributed by atoms with Crippen LogP contribution < -0.4 is 0 Å². The summed E-state index contributed by atoms with van der Waals surface area (Å²) in [6.45, 7) is 2.15. The van der Waals surface area contributed by atoms with E-state index in [-0.39, 0.29) is 5.50 Å². The van der Waals surface area contributed by atoms with E-state index >= 15 is 0 Å². The van der Waals surface area contributed by atoms with Crippen molar-refractivity contribution in [2.75, 3.05) is 14.1 Å². The molecule has 0 bridgehead atoms. The van der Waals surface area contributed by atoms with Gasteiger partial charge in [-0.05, 0) is 31.6 Å². The van der Waals surface area contributed by atoms with Crippen molar-refractivity contribution in [1.29, 1.82) is 0 Å². The van der Waals surface area contributed by atoms with Crippen LogP contribution in [0, 0.1) is 0 Å². The quantitative estimate of drug-likeness (QED) is 0.532.